The van der Waals surface area contributed by atoms with Crippen molar-refractivity contribution in [3.8, 4) is 10.4 Å². The van der Waals surface area contributed by atoms with E-state index < -0.39 is 5.60 Å². The quantitative estimate of drug-likeness (QED) is 0.844. The van der Waals surface area contributed by atoms with Gasteiger partial charge in [0.2, 0.25) is 0 Å². The molecule has 0 bridgehead atoms. The monoisotopic (exact) mass is 293 g/mol. The van der Waals surface area contributed by atoms with Crippen LogP contribution in [0, 0.1) is 13.8 Å². The van der Waals surface area contributed by atoms with Crippen LogP contribution >= 0.6 is 11.3 Å². The van der Waals surface area contributed by atoms with Crippen molar-refractivity contribution in [3.63, 3.8) is 0 Å². The number of nitrogen functional groups attached to an aromatic ring is 1. The van der Waals surface area contributed by atoms with Crippen LogP contribution in [0.5, 0.6) is 0 Å². The first-order valence-electron chi connectivity index (χ1n) is 6.37. The number of aryl methyl sites for hydroxylation is 1. The minimum atomic E-state index is -0.534. The molecular formula is C15H19NO3S. The second-order valence-corrected chi connectivity index (χ2v) is 6.77. The Hall–Kier alpha value is -1.75. The Labute approximate surface area is 122 Å². The average Bonchev–Trinajstić information content (AvgIpc) is 2.83. The predicted octanol–water partition coefficient (Wildman–Crippen LogP) is 4.16. The summed E-state index contributed by atoms with van der Waals surface area (Å²) in [5.74, 6) is 0.444. The summed E-state index contributed by atoms with van der Waals surface area (Å²) in [4.78, 5) is 13.6. The molecule has 0 aliphatic rings. The van der Waals surface area contributed by atoms with Crippen LogP contribution in [-0.4, -0.2) is 11.6 Å². The number of thiophene rings is 1. The van der Waals surface area contributed by atoms with E-state index in [0.29, 0.717) is 10.6 Å². The van der Waals surface area contributed by atoms with Crippen LogP contribution in [0.1, 0.15) is 41.8 Å². The van der Waals surface area contributed by atoms with Gasteiger partial charge in [0.15, 0.2) is 0 Å². The highest BCUT2D eigenvalue weighted by Crippen LogP contribution is 2.39. The second kappa shape index (κ2) is 4.98. The van der Waals surface area contributed by atoms with Crippen LogP contribution in [-0.2, 0) is 4.74 Å². The number of furan rings is 1. The number of hydrogen-bond acceptors (Lipinski definition) is 5. The minimum absolute atomic E-state index is 0.380. The summed E-state index contributed by atoms with van der Waals surface area (Å²) < 4.78 is 10.7. The van der Waals surface area contributed by atoms with E-state index in [4.69, 9.17) is 14.9 Å². The van der Waals surface area contributed by atoms with Crippen molar-refractivity contribution in [1.29, 1.82) is 0 Å². The van der Waals surface area contributed by atoms with Gasteiger partial charge in [0.25, 0.3) is 0 Å². The smallest absolute Gasteiger partial charge is 0.351 e. The molecule has 0 aliphatic carbocycles. The SMILES string of the molecule is Cc1cc(-c2sc(C(=O)OC(C)(C)C)c(N)c2C)co1. The van der Waals surface area contributed by atoms with Gasteiger partial charge in [0.05, 0.1) is 12.0 Å². The van der Waals surface area contributed by atoms with Crippen molar-refractivity contribution in [2.24, 2.45) is 0 Å². The lowest BCUT2D eigenvalue weighted by molar-refractivity contribution is 0.00763. The lowest BCUT2D eigenvalue weighted by Gasteiger charge is -2.19. The van der Waals surface area contributed by atoms with Crippen molar-refractivity contribution < 1.29 is 13.9 Å². The lowest BCUT2D eigenvalue weighted by atomic mass is 10.1. The first kappa shape index (κ1) is 14.7. The molecule has 0 spiro atoms. The third-order valence-electron chi connectivity index (χ3n) is 2.77. The summed E-state index contributed by atoms with van der Waals surface area (Å²) in [6.07, 6.45) is 1.67. The van der Waals surface area contributed by atoms with Gasteiger partial charge >= 0.3 is 5.97 Å². The van der Waals surface area contributed by atoms with Crippen LogP contribution in [0.2, 0.25) is 0 Å². The van der Waals surface area contributed by atoms with E-state index in [1.807, 2.05) is 40.7 Å². The summed E-state index contributed by atoms with van der Waals surface area (Å²) in [6.45, 7) is 9.29. The molecule has 108 valence electrons. The van der Waals surface area contributed by atoms with Gasteiger partial charge in [-0.2, -0.15) is 0 Å². The Kier molecular flexibility index (Phi) is 3.65. The molecule has 0 atom stereocenters. The number of hydrogen-bond donors (Lipinski definition) is 1. The molecule has 2 heterocycles. The highest BCUT2D eigenvalue weighted by atomic mass is 32.1. The zero-order chi connectivity index (χ0) is 15.1. The first-order chi connectivity index (χ1) is 9.19. The normalized spacial score (nSPS) is 11.7. The maximum Gasteiger partial charge on any atom is 0.351 e. The van der Waals surface area contributed by atoms with Gasteiger partial charge < -0.3 is 14.9 Å². The van der Waals surface area contributed by atoms with Gasteiger partial charge in [0.1, 0.15) is 16.2 Å². The molecular weight excluding hydrogens is 274 g/mol. The number of ether oxygens (including phenoxy) is 1. The second-order valence-electron chi connectivity index (χ2n) is 5.75. The van der Waals surface area contributed by atoms with E-state index in [0.717, 1.165) is 21.8 Å². The molecule has 2 aromatic rings. The average molecular weight is 293 g/mol. The highest BCUT2D eigenvalue weighted by molar-refractivity contribution is 7.18. The minimum Gasteiger partial charge on any atom is -0.469 e. The summed E-state index contributed by atoms with van der Waals surface area (Å²) in [5, 5.41) is 0. The van der Waals surface area contributed by atoms with Gasteiger partial charge in [0, 0.05) is 10.4 Å². The molecule has 2 rings (SSSR count). The molecule has 0 saturated heterocycles. The van der Waals surface area contributed by atoms with E-state index in [2.05, 4.69) is 0 Å². The molecule has 0 aliphatic heterocycles. The van der Waals surface area contributed by atoms with Crippen molar-refractivity contribution in [3.05, 3.63) is 28.5 Å². The fourth-order valence-electron chi connectivity index (χ4n) is 1.84. The van der Waals surface area contributed by atoms with E-state index in [-0.39, 0.29) is 5.97 Å². The maximum absolute atomic E-state index is 12.2. The first-order valence-corrected chi connectivity index (χ1v) is 7.18. The van der Waals surface area contributed by atoms with E-state index in [1.165, 1.54) is 11.3 Å². The van der Waals surface area contributed by atoms with Gasteiger partial charge in [-0.3, -0.25) is 0 Å². The lowest BCUT2D eigenvalue weighted by Crippen LogP contribution is -2.23. The van der Waals surface area contributed by atoms with E-state index in [9.17, 15) is 4.79 Å². The topological polar surface area (TPSA) is 65.5 Å². The molecule has 2 N–H and O–H groups in total. The number of carbonyl (C=O) groups is 1. The fraction of sp³-hybridized carbons (Fsp3) is 0.400. The Balaban J connectivity index is 2.40. The zero-order valence-electron chi connectivity index (χ0n) is 12.4. The Morgan fingerprint density at radius 1 is 1.35 bits per heavy atom. The van der Waals surface area contributed by atoms with E-state index >= 15 is 0 Å². The van der Waals surface area contributed by atoms with E-state index in [1.54, 1.807) is 6.26 Å². The summed E-state index contributed by atoms with van der Waals surface area (Å²) >= 11 is 1.34. The predicted molar refractivity (Wildman–Crippen MR) is 81.1 cm³/mol. The van der Waals surface area contributed by atoms with Gasteiger partial charge in [-0.25, -0.2) is 4.79 Å². The molecule has 4 nitrogen and oxygen atoms in total. The summed E-state index contributed by atoms with van der Waals surface area (Å²) in [5.41, 5.74) is 7.82. The van der Waals surface area contributed by atoms with Crippen LogP contribution in [0.15, 0.2) is 16.7 Å². The molecule has 2 aromatic heterocycles. The molecule has 0 amide bonds. The molecule has 0 fully saturated rings. The van der Waals surface area contributed by atoms with Gasteiger partial charge in [-0.05, 0) is 46.2 Å². The number of esters is 1. The Morgan fingerprint density at radius 2 is 2.00 bits per heavy atom. The number of rotatable bonds is 2. The number of nitrogens with two attached hydrogens (primary N) is 1. The van der Waals surface area contributed by atoms with Crippen molar-refractivity contribution in [2.45, 2.75) is 40.2 Å². The standard InChI is InChI=1S/C15H19NO3S/c1-8-6-10(7-18-8)12-9(2)11(16)13(20-12)14(17)19-15(3,4)5/h6-7H,16H2,1-5H3. The Morgan fingerprint density at radius 3 is 2.50 bits per heavy atom. The zero-order valence-corrected chi connectivity index (χ0v) is 13.2. The number of anilines is 1. The number of carbonyl (C=O) groups excluding carboxylic acids is 1. The summed E-state index contributed by atoms with van der Waals surface area (Å²) in [6, 6.07) is 1.93. The molecule has 0 unspecified atom stereocenters. The molecule has 0 radical (unpaired) electrons. The third kappa shape index (κ3) is 2.88. The van der Waals surface area contributed by atoms with Gasteiger partial charge in [-0.1, -0.05) is 0 Å². The largest absolute Gasteiger partial charge is 0.469 e. The van der Waals surface area contributed by atoms with Gasteiger partial charge in [-0.15, -0.1) is 11.3 Å². The van der Waals surface area contributed by atoms with Crippen molar-refractivity contribution in [1.82, 2.24) is 0 Å². The van der Waals surface area contributed by atoms with Crippen LogP contribution < -0.4 is 5.73 Å². The fourth-order valence-corrected chi connectivity index (χ4v) is 2.92. The van der Waals surface area contributed by atoms with Crippen LogP contribution in [0.3, 0.4) is 0 Å². The van der Waals surface area contributed by atoms with Crippen molar-refractivity contribution >= 4 is 23.0 Å². The maximum atomic E-state index is 12.2. The molecule has 5 heteroatoms. The Bertz CT molecular complexity index is 647. The van der Waals surface area contributed by atoms with Crippen LogP contribution in [0.4, 0.5) is 5.69 Å². The van der Waals surface area contributed by atoms with Crippen LogP contribution in [0.25, 0.3) is 10.4 Å². The third-order valence-corrected chi connectivity index (χ3v) is 4.11. The summed E-state index contributed by atoms with van der Waals surface area (Å²) in [7, 11) is 0. The van der Waals surface area contributed by atoms with Crippen molar-refractivity contribution in [2.75, 3.05) is 5.73 Å². The highest BCUT2D eigenvalue weighted by Gasteiger charge is 2.25. The molecule has 20 heavy (non-hydrogen) atoms. The molecule has 0 aromatic carbocycles. The molecule has 0 saturated carbocycles.